The van der Waals surface area contributed by atoms with Gasteiger partial charge in [0.2, 0.25) is 0 Å². The van der Waals surface area contributed by atoms with E-state index in [1.165, 1.54) is 144 Å². The maximum Gasteiger partial charge on any atom is 0 e. The Morgan fingerprint density at radius 2 is 0.449 bits per heavy atom. The molecule has 0 atom stereocenters. The van der Waals surface area contributed by atoms with Gasteiger partial charge in [-0.15, -0.1) is 0 Å². The van der Waals surface area contributed by atoms with Gasteiger partial charge in [0.15, 0.2) is 0 Å². The van der Waals surface area contributed by atoms with E-state index in [-0.39, 0.29) is 31.1 Å². The Bertz CT molecular complexity index is 2520. The molecule has 69 heavy (non-hydrogen) atoms. The van der Waals surface area contributed by atoms with Gasteiger partial charge in [-0.2, -0.15) is 0 Å². The highest BCUT2D eigenvalue weighted by atomic mass is 14.4. The normalized spacial score (nSPS) is 16.5. The van der Waals surface area contributed by atoms with E-state index < -0.39 is 0 Å². The second kappa shape index (κ2) is 22.6. The smallest absolute Gasteiger partial charge is 0 e. The molecule has 6 aromatic rings. The standard InChI is InChI=1S/C24H24.C21H24.C12H18.C8H16.4CH4.H2/c1-13-7-19-20(8-14(13)2)22-10-16(4)18(6)12-24(22)23-11-17(5)15(3)9-21(19)23;1-10-7-16-19(13(10)4)17-8-11(2)15(6)21(17)18-9-12(3)14(5)20(16)18;1-7-8(2)10(4)12(6)11(5)9(7)3;1-7-3-5-8(2)6-4-7;;;;;/h7-12H,1-6H3;7-9H2,1-6H3;1-6H3;7-8H,3-6H2,1-2H3;4*1H4;1H/i;;;;;;;;1+1. The van der Waals surface area contributed by atoms with Crippen molar-refractivity contribution < 1.29 is 1.43 Å². The molecule has 0 radical (unpaired) electrons. The van der Waals surface area contributed by atoms with Gasteiger partial charge in [-0.1, -0.05) is 122 Å². The molecule has 0 N–H and O–H groups in total. The average Bonchev–Trinajstić information content (AvgIpc) is 3.86. The van der Waals surface area contributed by atoms with Crippen molar-refractivity contribution in [2.45, 2.75) is 213 Å². The lowest BCUT2D eigenvalue weighted by Gasteiger charge is -2.22. The fourth-order valence-corrected chi connectivity index (χ4v) is 11.5. The number of hydrogen-bond acceptors (Lipinski definition) is 0. The van der Waals surface area contributed by atoms with Gasteiger partial charge >= 0.3 is 0 Å². The van der Waals surface area contributed by atoms with E-state index in [1.807, 2.05) is 0 Å². The zero-order chi connectivity index (χ0) is 47.7. The molecule has 0 amide bonds. The lowest BCUT2D eigenvalue weighted by molar-refractivity contribution is 0.308. The summed E-state index contributed by atoms with van der Waals surface area (Å²) in [5.41, 5.74) is 36.0. The number of allylic oxidation sites excluding steroid dienone is 6. The predicted molar refractivity (Wildman–Crippen MR) is 320 cm³/mol. The van der Waals surface area contributed by atoms with Crippen LogP contribution in [0.15, 0.2) is 53.1 Å². The van der Waals surface area contributed by atoms with E-state index in [9.17, 15) is 0 Å². The molecule has 0 unspecified atom stereocenters. The van der Waals surface area contributed by atoms with Gasteiger partial charge < -0.3 is 0 Å². The molecule has 4 aliphatic carbocycles. The van der Waals surface area contributed by atoms with Gasteiger partial charge in [0.05, 0.1) is 0 Å². The topological polar surface area (TPSA) is 0 Å². The molecule has 0 saturated heterocycles. The van der Waals surface area contributed by atoms with E-state index in [0.717, 1.165) is 11.8 Å². The number of hydrogen-bond donors (Lipinski definition) is 0. The summed E-state index contributed by atoms with van der Waals surface area (Å²) in [5, 5.41) is 8.29. The Labute approximate surface area is 426 Å². The van der Waals surface area contributed by atoms with E-state index in [2.05, 4.69) is 175 Å². The highest BCUT2D eigenvalue weighted by Crippen LogP contribution is 2.51. The van der Waals surface area contributed by atoms with Crippen molar-refractivity contribution >= 4 is 49.0 Å². The molecule has 0 aliphatic heterocycles. The fraction of sp³-hybridized carbons (Fsp3) is 0.478. The number of rotatable bonds is 0. The van der Waals surface area contributed by atoms with Crippen LogP contribution in [0.1, 0.15) is 212 Å². The Balaban J connectivity index is 0.000000334. The third-order valence-corrected chi connectivity index (χ3v) is 17.6. The largest absolute Gasteiger partial charge is 0.0776 e. The highest BCUT2D eigenvalue weighted by molar-refractivity contribution is 6.26. The average molecular weight is 931 g/mol. The monoisotopic (exact) mass is 930 g/mol. The molecular formula is C69H100. The van der Waals surface area contributed by atoms with Crippen LogP contribution >= 0.6 is 0 Å². The third kappa shape index (κ3) is 10.7. The van der Waals surface area contributed by atoms with Crippen LogP contribution in [0.25, 0.3) is 49.0 Å². The Morgan fingerprint density at radius 3 is 0.609 bits per heavy atom. The predicted octanol–water partition coefficient (Wildman–Crippen LogP) is 21.9. The van der Waals surface area contributed by atoms with Gasteiger partial charge in [-0.05, 0) is 305 Å². The maximum atomic E-state index is 2.37. The lowest BCUT2D eigenvalue weighted by atomic mass is 9.84. The lowest BCUT2D eigenvalue weighted by Crippen LogP contribution is -2.08. The second-order valence-corrected chi connectivity index (χ2v) is 21.9. The number of benzene rings is 6. The Morgan fingerprint density at radius 1 is 0.290 bits per heavy atom. The Kier molecular flexibility index (Phi) is 19.2. The van der Waals surface area contributed by atoms with Crippen molar-refractivity contribution in [2.75, 3.05) is 0 Å². The van der Waals surface area contributed by atoms with Crippen molar-refractivity contribution in [1.29, 1.82) is 0 Å². The van der Waals surface area contributed by atoms with Crippen molar-refractivity contribution in [3.63, 3.8) is 0 Å². The molecule has 0 heterocycles. The molecule has 6 aromatic carbocycles. The molecule has 1 saturated carbocycles. The molecule has 0 aromatic heterocycles. The molecule has 0 heteroatoms. The van der Waals surface area contributed by atoms with Crippen LogP contribution in [0.5, 0.6) is 0 Å². The minimum absolute atomic E-state index is 0. The van der Waals surface area contributed by atoms with Crippen molar-refractivity contribution in [3.05, 3.63) is 153 Å². The first-order valence-electron chi connectivity index (χ1n) is 25.1. The zero-order valence-corrected chi connectivity index (χ0v) is 44.6. The SMILES string of the molecule is C.C.C.C.CC1=C(C)c2c3c(c4c(c2C1)C(C)=C(C)C4)C(C)=C(C)C3.CC1CCC(C)CC1.Cc1c(C)c(C)c(C)c(C)c1C.Cc1cc2c3cc(C)c(C)cc3c3cc(C)c(C)cc3c2cc1C.[2HH]. The van der Waals surface area contributed by atoms with Gasteiger partial charge in [0.1, 0.15) is 0 Å². The van der Waals surface area contributed by atoms with Crippen LogP contribution in [-0.2, 0) is 19.3 Å². The van der Waals surface area contributed by atoms with Gasteiger partial charge in [-0.3, -0.25) is 0 Å². The molecule has 0 nitrogen and oxygen atoms in total. The minimum Gasteiger partial charge on any atom is -0.0776 e. The van der Waals surface area contributed by atoms with Crippen molar-refractivity contribution in [2.24, 2.45) is 11.8 Å². The van der Waals surface area contributed by atoms with Crippen molar-refractivity contribution in [3.8, 4) is 0 Å². The summed E-state index contributed by atoms with van der Waals surface area (Å²) >= 11 is 0. The van der Waals surface area contributed by atoms with E-state index >= 15 is 0 Å². The van der Waals surface area contributed by atoms with E-state index in [1.54, 1.807) is 66.8 Å². The first-order chi connectivity index (χ1) is 30.5. The summed E-state index contributed by atoms with van der Waals surface area (Å²) in [4.78, 5) is 0. The fourth-order valence-electron chi connectivity index (χ4n) is 11.5. The third-order valence-electron chi connectivity index (χ3n) is 17.6. The Hall–Kier alpha value is -4.68. The van der Waals surface area contributed by atoms with Crippen LogP contribution in [0.2, 0.25) is 0 Å². The van der Waals surface area contributed by atoms with Crippen LogP contribution < -0.4 is 0 Å². The number of fused-ring (bicyclic) bond motifs is 12. The molecule has 10 rings (SSSR count). The van der Waals surface area contributed by atoms with Crippen molar-refractivity contribution in [1.82, 2.24) is 0 Å². The summed E-state index contributed by atoms with van der Waals surface area (Å²) in [7, 11) is 0. The summed E-state index contributed by atoms with van der Waals surface area (Å²) in [6, 6.07) is 14.2. The quantitative estimate of drug-likeness (QED) is 0.133. The van der Waals surface area contributed by atoms with Crippen LogP contribution in [-0.4, -0.2) is 0 Å². The molecule has 376 valence electrons. The summed E-state index contributed by atoms with van der Waals surface area (Å²) < 4.78 is 0. The minimum atomic E-state index is 0. The molecular weight excluding hydrogens is 829 g/mol. The van der Waals surface area contributed by atoms with Gasteiger partial charge in [-0.25, -0.2) is 0 Å². The highest BCUT2D eigenvalue weighted by Gasteiger charge is 2.34. The molecule has 4 aliphatic rings. The summed E-state index contributed by atoms with van der Waals surface area (Å²) in [6.07, 6.45) is 9.39. The summed E-state index contributed by atoms with van der Waals surface area (Å²) in [6.45, 7) is 45.2. The maximum absolute atomic E-state index is 2.37. The zero-order valence-electron chi connectivity index (χ0n) is 44.6. The first-order valence-corrected chi connectivity index (χ1v) is 25.1. The van der Waals surface area contributed by atoms with Crippen LogP contribution in [0.4, 0.5) is 0 Å². The molecule has 0 spiro atoms. The van der Waals surface area contributed by atoms with Gasteiger partial charge in [0, 0.05) is 1.43 Å². The van der Waals surface area contributed by atoms with Gasteiger partial charge in [0.25, 0.3) is 0 Å². The summed E-state index contributed by atoms with van der Waals surface area (Å²) in [5.74, 6) is 2.04. The van der Waals surface area contributed by atoms with Crippen LogP contribution in [0, 0.1) is 94.9 Å². The van der Waals surface area contributed by atoms with Crippen LogP contribution in [0.3, 0.4) is 0 Å². The van der Waals surface area contributed by atoms with E-state index in [4.69, 9.17) is 0 Å². The number of aryl methyl sites for hydroxylation is 6. The first kappa shape index (κ1) is 58.6. The second-order valence-electron chi connectivity index (χ2n) is 21.9. The molecule has 1 fully saturated rings. The molecule has 0 bridgehead atoms. The van der Waals surface area contributed by atoms with E-state index in [0.29, 0.717) is 0 Å².